The van der Waals surface area contributed by atoms with Gasteiger partial charge < -0.3 is 14.7 Å². The standard InChI is InChI=1S/C21H31N5/c1-15(2)20(24(3)4)22-17-13-9-11-16-12-10-14-18(19(16)17)23-21(25(5)6)26(7)8/h9-15H,1-8H3/b22-20+. The summed E-state index contributed by atoms with van der Waals surface area (Å²) in [6, 6.07) is 12.5. The van der Waals surface area contributed by atoms with Gasteiger partial charge in [-0.1, -0.05) is 38.1 Å². The average molecular weight is 354 g/mol. The number of aliphatic imine (C=N–C) groups is 2. The molecule has 2 aromatic rings. The SMILES string of the molecule is CC(C)/C(=N\c1cccc2cccc(N=C(N(C)C)N(C)C)c12)N(C)C. The lowest BCUT2D eigenvalue weighted by Gasteiger charge is -2.23. The van der Waals surface area contributed by atoms with Crippen LogP contribution in [0.5, 0.6) is 0 Å². The Hall–Kier alpha value is -2.56. The van der Waals surface area contributed by atoms with Gasteiger partial charge in [0.15, 0.2) is 0 Å². The van der Waals surface area contributed by atoms with E-state index in [1.807, 2.05) is 58.2 Å². The first kappa shape index (κ1) is 19.8. The summed E-state index contributed by atoms with van der Waals surface area (Å²) in [5, 5.41) is 2.22. The summed E-state index contributed by atoms with van der Waals surface area (Å²) in [7, 11) is 12.1. The van der Waals surface area contributed by atoms with E-state index in [4.69, 9.17) is 9.98 Å². The summed E-state index contributed by atoms with van der Waals surface area (Å²) in [4.78, 5) is 16.0. The molecule has 2 aromatic carbocycles. The highest BCUT2D eigenvalue weighted by molar-refractivity contribution is 6.04. The average Bonchev–Trinajstić information content (AvgIpc) is 2.56. The van der Waals surface area contributed by atoms with Gasteiger partial charge in [-0.2, -0.15) is 0 Å². The molecule has 0 aliphatic carbocycles. The molecule has 5 nitrogen and oxygen atoms in total. The van der Waals surface area contributed by atoms with Crippen LogP contribution in [0, 0.1) is 5.92 Å². The molecule has 5 heteroatoms. The molecule has 0 aromatic heterocycles. The zero-order chi connectivity index (χ0) is 19.4. The van der Waals surface area contributed by atoms with Crippen LogP contribution in [0.4, 0.5) is 11.4 Å². The van der Waals surface area contributed by atoms with Crippen LogP contribution in [0.1, 0.15) is 13.8 Å². The Morgan fingerprint density at radius 1 is 0.731 bits per heavy atom. The summed E-state index contributed by atoms with van der Waals surface area (Å²) < 4.78 is 0. The number of hydrogen-bond donors (Lipinski definition) is 0. The Balaban J connectivity index is 2.75. The minimum Gasteiger partial charge on any atom is -0.366 e. The number of amidine groups is 1. The highest BCUT2D eigenvalue weighted by atomic mass is 15.3. The highest BCUT2D eigenvalue weighted by Gasteiger charge is 2.12. The molecule has 0 N–H and O–H groups in total. The molecule has 26 heavy (non-hydrogen) atoms. The van der Waals surface area contributed by atoms with E-state index in [-0.39, 0.29) is 0 Å². The number of fused-ring (bicyclic) bond motifs is 1. The van der Waals surface area contributed by atoms with Crippen LogP contribution < -0.4 is 0 Å². The summed E-state index contributed by atoms with van der Waals surface area (Å²) in [6.45, 7) is 4.33. The highest BCUT2D eigenvalue weighted by Crippen LogP contribution is 2.35. The maximum Gasteiger partial charge on any atom is 0.200 e. The third-order valence-corrected chi connectivity index (χ3v) is 4.09. The maximum absolute atomic E-state index is 4.99. The van der Waals surface area contributed by atoms with Crippen molar-refractivity contribution in [3.8, 4) is 0 Å². The zero-order valence-electron chi connectivity index (χ0n) is 17.3. The van der Waals surface area contributed by atoms with E-state index in [0.29, 0.717) is 5.92 Å². The van der Waals surface area contributed by atoms with Gasteiger partial charge in [-0.25, -0.2) is 9.98 Å². The predicted molar refractivity (Wildman–Crippen MR) is 114 cm³/mol. The number of rotatable bonds is 3. The molecule has 0 bridgehead atoms. The van der Waals surface area contributed by atoms with E-state index in [1.165, 1.54) is 0 Å². The van der Waals surface area contributed by atoms with E-state index >= 15 is 0 Å². The molecule has 0 amide bonds. The van der Waals surface area contributed by atoms with E-state index in [9.17, 15) is 0 Å². The van der Waals surface area contributed by atoms with Gasteiger partial charge in [-0.15, -0.1) is 0 Å². The summed E-state index contributed by atoms with van der Waals surface area (Å²) in [5.74, 6) is 2.29. The molecule has 0 saturated carbocycles. The molecule has 140 valence electrons. The fourth-order valence-electron chi connectivity index (χ4n) is 3.06. The fraction of sp³-hybridized carbons (Fsp3) is 0.429. The van der Waals surface area contributed by atoms with Crippen molar-refractivity contribution in [3.05, 3.63) is 36.4 Å². The first-order valence-electron chi connectivity index (χ1n) is 8.93. The molecular formula is C21H31N5. The number of nitrogens with zero attached hydrogens (tertiary/aromatic N) is 5. The molecular weight excluding hydrogens is 322 g/mol. The van der Waals surface area contributed by atoms with Gasteiger partial charge in [0.2, 0.25) is 5.96 Å². The van der Waals surface area contributed by atoms with Gasteiger partial charge in [-0.05, 0) is 17.5 Å². The second-order valence-electron chi connectivity index (χ2n) is 7.37. The topological polar surface area (TPSA) is 34.4 Å². The number of guanidine groups is 1. The van der Waals surface area contributed by atoms with Crippen LogP contribution >= 0.6 is 0 Å². The quantitative estimate of drug-likeness (QED) is 0.613. The third kappa shape index (κ3) is 4.34. The van der Waals surface area contributed by atoms with Crippen LogP contribution in [0.25, 0.3) is 10.8 Å². The molecule has 2 rings (SSSR count). The number of hydrogen-bond acceptors (Lipinski definition) is 2. The van der Waals surface area contributed by atoms with Crippen LogP contribution in [0.2, 0.25) is 0 Å². The Morgan fingerprint density at radius 2 is 1.23 bits per heavy atom. The van der Waals surface area contributed by atoms with Gasteiger partial charge >= 0.3 is 0 Å². The van der Waals surface area contributed by atoms with Crippen LogP contribution in [0.3, 0.4) is 0 Å². The van der Waals surface area contributed by atoms with Gasteiger partial charge in [-0.3, -0.25) is 0 Å². The first-order chi connectivity index (χ1) is 12.2. The minimum absolute atomic E-state index is 0.343. The smallest absolute Gasteiger partial charge is 0.200 e. The normalized spacial score (nSPS) is 11.7. The molecule has 0 spiro atoms. The molecule has 0 saturated heterocycles. The molecule has 0 fully saturated rings. The Bertz CT molecular complexity index is 732. The van der Waals surface area contributed by atoms with Crippen LogP contribution in [-0.4, -0.2) is 68.8 Å². The minimum atomic E-state index is 0.343. The van der Waals surface area contributed by atoms with Crippen molar-refractivity contribution >= 4 is 33.9 Å². The molecule has 0 aliphatic rings. The third-order valence-electron chi connectivity index (χ3n) is 4.09. The predicted octanol–water partition coefficient (Wildman–Crippen LogP) is 4.20. The molecule has 0 atom stereocenters. The summed E-state index contributed by atoms with van der Waals surface area (Å²) >= 11 is 0. The van der Waals surface area contributed by atoms with Crippen LogP contribution in [-0.2, 0) is 0 Å². The van der Waals surface area contributed by atoms with Gasteiger partial charge in [0.25, 0.3) is 0 Å². The summed E-state index contributed by atoms with van der Waals surface area (Å²) in [5.41, 5.74) is 1.89. The Labute approximate surface area is 157 Å². The second-order valence-corrected chi connectivity index (χ2v) is 7.37. The second kappa shape index (κ2) is 8.21. The summed E-state index contributed by atoms with van der Waals surface area (Å²) in [6.07, 6.45) is 0. The lowest BCUT2D eigenvalue weighted by atomic mass is 10.1. The van der Waals surface area contributed by atoms with E-state index < -0.39 is 0 Å². The lowest BCUT2D eigenvalue weighted by Crippen LogP contribution is -2.35. The number of benzene rings is 2. The first-order valence-corrected chi connectivity index (χ1v) is 8.93. The van der Waals surface area contributed by atoms with Crippen molar-refractivity contribution < 1.29 is 0 Å². The molecule has 0 unspecified atom stereocenters. The van der Waals surface area contributed by atoms with Crippen molar-refractivity contribution in [2.45, 2.75) is 13.8 Å². The largest absolute Gasteiger partial charge is 0.366 e. The molecule has 0 aliphatic heterocycles. The molecule has 0 heterocycles. The van der Waals surface area contributed by atoms with Gasteiger partial charge in [0.05, 0.1) is 11.4 Å². The van der Waals surface area contributed by atoms with Crippen LogP contribution in [0.15, 0.2) is 46.4 Å². The van der Waals surface area contributed by atoms with Crippen molar-refractivity contribution in [1.82, 2.24) is 14.7 Å². The van der Waals surface area contributed by atoms with Crippen molar-refractivity contribution in [3.63, 3.8) is 0 Å². The maximum atomic E-state index is 4.99. The monoisotopic (exact) mass is 353 g/mol. The van der Waals surface area contributed by atoms with Crippen molar-refractivity contribution in [2.24, 2.45) is 15.9 Å². The van der Waals surface area contributed by atoms with E-state index in [1.54, 1.807) is 0 Å². The Kier molecular flexibility index (Phi) is 6.24. The molecule has 0 radical (unpaired) electrons. The lowest BCUT2D eigenvalue weighted by molar-refractivity contribution is 0.484. The van der Waals surface area contributed by atoms with Gasteiger partial charge in [0.1, 0.15) is 5.84 Å². The van der Waals surface area contributed by atoms with Crippen molar-refractivity contribution in [1.29, 1.82) is 0 Å². The Morgan fingerprint density at radius 3 is 1.65 bits per heavy atom. The van der Waals surface area contributed by atoms with E-state index in [2.05, 4.69) is 49.1 Å². The van der Waals surface area contributed by atoms with E-state index in [0.717, 1.165) is 33.9 Å². The van der Waals surface area contributed by atoms with Crippen molar-refractivity contribution in [2.75, 3.05) is 42.3 Å². The van der Waals surface area contributed by atoms with Gasteiger partial charge in [0, 0.05) is 53.6 Å². The zero-order valence-corrected chi connectivity index (χ0v) is 17.3. The fourth-order valence-corrected chi connectivity index (χ4v) is 3.06.